The van der Waals surface area contributed by atoms with Gasteiger partial charge in [-0.25, -0.2) is 0 Å². The third-order valence-corrected chi connectivity index (χ3v) is 2.95. The van der Waals surface area contributed by atoms with Gasteiger partial charge in [0.05, 0.1) is 6.61 Å². The first-order valence-electron chi connectivity index (χ1n) is 7.53. The van der Waals surface area contributed by atoms with Gasteiger partial charge in [-0.15, -0.1) is 0 Å². The number of hydrogen-bond donors (Lipinski definition) is 1. The number of esters is 2. The zero-order chi connectivity index (χ0) is 15.2. The molecule has 5 nitrogen and oxygen atoms in total. The van der Waals surface area contributed by atoms with E-state index in [4.69, 9.17) is 14.6 Å². The Labute approximate surface area is 121 Å². The first kappa shape index (κ1) is 18.9. The van der Waals surface area contributed by atoms with E-state index in [1.165, 1.54) is 32.6 Å². The molecule has 1 unspecified atom stereocenters. The van der Waals surface area contributed by atoms with Crippen molar-refractivity contribution in [2.45, 2.75) is 71.3 Å². The minimum absolute atomic E-state index is 0.0780. The smallest absolute Gasteiger partial charge is 0.305 e. The molecule has 0 aromatic carbocycles. The van der Waals surface area contributed by atoms with Crippen LogP contribution in [0.25, 0.3) is 0 Å². The summed E-state index contributed by atoms with van der Waals surface area (Å²) in [5.41, 5.74) is 0. The molecule has 0 bridgehead atoms. The Hall–Kier alpha value is -1.10. The fraction of sp³-hybridized carbons (Fsp3) is 0.867. The van der Waals surface area contributed by atoms with E-state index in [-0.39, 0.29) is 19.2 Å². The molecule has 5 heteroatoms. The molecule has 0 saturated carbocycles. The molecule has 1 atom stereocenters. The van der Waals surface area contributed by atoms with E-state index >= 15 is 0 Å². The number of rotatable bonds is 12. The second-order valence-electron chi connectivity index (χ2n) is 4.97. The Morgan fingerprint density at radius 2 is 1.65 bits per heavy atom. The molecule has 0 radical (unpaired) electrons. The highest BCUT2D eigenvalue weighted by Crippen LogP contribution is 2.09. The molecule has 0 spiro atoms. The van der Waals surface area contributed by atoms with Crippen LogP contribution >= 0.6 is 0 Å². The largest absolute Gasteiger partial charge is 0.462 e. The van der Waals surface area contributed by atoms with Crippen LogP contribution in [0.2, 0.25) is 0 Å². The van der Waals surface area contributed by atoms with Crippen molar-refractivity contribution in [2.75, 3.05) is 13.2 Å². The van der Waals surface area contributed by atoms with Gasteiger partial charge in [0.1, 0.15) is 6.61 Å². The third kappa shape index (κ3) is 12.0. The predicted octanol–water partition coefficient (Wildman–Crippen LogP) is 2.59. The van der Waals surface area contributed by atoms with Gasteiger partial charge in [0.2, 0.25) is 0 Å². The van der Waals surface area contributed by atoms with Gasteiger partial charge in [-0.1, -0.05) is 45.4 Å². The van der Waals surface area contributed by atoms with Crippen LogP contribution in [-0.4, -0.2) is 36.4 Å². The van der Waals surface area contributed by atoms with Gasteiger partial charge in [-0.3, -0.25) is 9.59 Å². The molecule has 0 heterocycles. The quantitative estimate of drug-likeness (QED) is 0.441. The lowest BCUT2D eigenvalue weighted by Gasteiger charge is -2.14. The molecule has 0 fully saturated rings. The highest BCUT2D eigenvalue weighted by molar-refractivity contribution is 5.69. The van der Waals surface area contributed by atoms with Crippen LogP contribution in [0, 0.1) is 0 Å². The summed E-state index contributed by atoms with van der Waals surface area (Å²) in [5, 5.41) is 8.94. The van der Waals surface area contributed by atoms with Crippen molar-refractivity contribution in [3.8, 4) is 0 Å². The zero-order valence-corrected chi connectivity index (χ0v) is 12.7. The first-order valence-corrected chi connectivity index (χ1v) is 7.53. The highest BCUT2D eigenvalue weighted by atomic mass is 16.6. The van der Waals surface area contributed by atoms with Gasteiger partial charge < -0.3 is 14.6 Å². The second-order valence-corrected chi connectivity index (χ2v) is 4.97. The van der Waals surface area contributed by atoms with Crippen LogP contribution in [0.4, 0.5) is 0 Å². The highest BCUT2D eigenvalue weighted by Gasteiger charge is 2.13. The predicted molar refractivity (Wildman–Crippen MR) is 76.2 cm³/mol. The summed E-state index contributed by atoms with van der Waals surface area (Å²) in [4.78, 5) is 22.1. The number of carbonyl (C=O) groups excluding carboxylic acids is 2. The second kappa shape index (κ2) is 12.9. The number of ether oxygens (including phenoxy) is 2. The summed E-state index contributed by atoms with van der Waals surface area (Å²) in [7, 11) is 0. The number of carbonyl (C=O) groups is 2. The number of aliphatic hydroxyl groups excluding tert-OH is 1. The maximum atomic E-state index is 11.4. The van der Waals surface area contributed by atoms with Crippen molar-refractivity contribution in [1.29, 1.82) is 0 Å². The molecule has 0 aromatic heterocycles. The molecular weight excluding hydrogens is 260 g/mol. The Morgan fingerprint density at radius 1 is 1.05 bits per heavy atom. The minimum atomic E-state index is -0.759. The summed E-state index contributed by atoms with van der Waals surface area (Å²) in [5.74, 6) is -0.795. The van der Waals surface area contributed by atoms with Gasteiger partial charge in [0.15, 0.2) is 6.10 Å². The lowest BCUT2D eigenvalue weighted by atomic mass is 10.1. The van der Waals surface area contributed by atoms with E-state index < -0.39 is 12.1 Å². The molecule has 0 rings (SSSR count). The van der Waals surface area contributed by atoms with E-state index in [0.717, 1.165) is 19.3 Å². The monoisotopic (exact) mass is 288 g/mol. The van der Waals surface area contributed by atoms with Crippen molar-refractivity contribution in [3.05, 3.63) is 0 Å². The maximum absolute atomic E-state index is 11.4. The molecule has 0 aliphatic carbocycles. The molecule has 0 saturated heterocycles. The van der Waals surface area contributed by atoms with Crippen LogP contribution in [-0.2, 0) is 19.1 Å². The van der Waals surface area contributed by atoms with Crippen molar-refractivity contribution < 1.29 is 24.2 Å². The molecule has 0 aliphatic rings. The van der Waals surface area contributed by atoms with Crippen LogP contribution in [0.3, 0.4) is 0 Å². The molecule has 1 N–H and O–H groups in total. The van der Waals surface area contributed by atoms with Gasteiger partial charge in [-0.2, -0.15) is 0 Å². The Bertz CT molecular complexity index is 265. The zero-order valence-electron chi connectivity index (χ0n) is 12.7. The average molecular weight is 288 g/mol. The summed E-state index contributed by atoms with van der Waals surface area (Å²) in [6, 6.07) is 0. The first-order chi connectivity index (χ1) is 9.60. The molecule has 118 valence electrons. The van der Waals surface area contributed by atoms with E-state index in [1.54, 1.807) is 0 Å². The van der Waals surface area contributed by atoms with Gasteiger partial charge in [0.25, 0.3) is 0 Å². The van der Waals surface area contributed by atoms with Crippen molar-refractivity contribution in [1.82, 2.24) is 0 Å². The molecule has 0 aromatic rings. The van der Waals surface area contributed by atoms with E-state index in [1.807, 2.05) is 0 Å². The van der Waals surface area contributed by atoms with Gasteiger partial charge in [0, 0.05) is 13.3 Å². The number of unbranched alkanes of at least 4 members (excludes halogenated alkanes) is 6. The molecule has 20 heavy (non-hydrogen) atoms. The molecule has 0 amide bonds. The number of hydrogen-bond acceptors (Lipinski definition) is 5. The summed E-state index contributed by atoms with van der Waals surface area (Å²) in [6.07, 6.45) is 7.64. The molecule has 0 aliphatic heterocycles. The van der Waals surface area contributed by atoms with Crippen LogP contribution in [0.5, 0.6) is 0 Å². The minimum Gasteiger partial charge on any atom is -0.462 e. The van der Waals surface area contributed by atoms with Crippen molar-refractivity contribution >= 4 is 11.9 Å². The Morgan fingerprint density at radius 3 is 2.20 bits per heavy atom. The lowest BCUT2D eigenvalue weighted by molar-refractivity contribution is -0.159. The van der Waals surface area contributed by atoms with Crippen LogP contribution < -0.4 is 0 Å². The van der Waals surface area contributed by atoms with Crippen molar-refractivity contribution in [2.24, 2.45) is 0 Å². The lowest BCUT2D eigenvalue weighted by Crippen LogP contribution is -2.27. The van der Waals surface area contributed by atoms with E-state index in [0.29, 0.717) is 6.42 Å². The average Bonchev–Trinajstić information content (AvgIpc) is 2.42. The van der Waals surface area contributed by atoms with Gasteiger partial charge >= 0.3 is 11.9 Å². The third-order valence-electron chi connectivity index (χ3n) is 2.95. The normalized spacial score (nSPS) is 11.9. The fourth-order valence-electron chi connectivity index (χ4n) is 1.84. The van der Waals surface area contributed by atoms with Crippen LogP contribution in [0.15, 0.2) is 0 Å². The maximum Gasteiger partial charge on any atom is 0.305 e. The van der Waals surface area contributed by atoms with Gasteiger partial charge in [-0.05, 0) is 6.42 Å². The summed E-state index contributed by atoms with van der Waals surface area (Å²) < 4.78 is 9.73. The van der Waals surface area contributed by atoms with Crippen LogP contribution in [0.1, 0.15) is 65.2 Å². The van der Waals surface area contributed by atoms with E-state index in [2.05, 4.69) is 6.92 Å². The molecular formula is C15H28O5. The topological polar surface area (TPSA) is 72.8 Å². The standard InChI is InChI=1S/C15H28O5/c1-3-4-5-6-7-8-9-10-15(18)19-12-14(11-16)20-13(2)17/h14,16H,3-12H2,1-2H3. The number of aliphatic hydroxyl groups is 1. The van der Waals surface area contributed by atoms with Crippen molar-refractivity contribution in [3.63, 3.8) is 0 Å². The summed E-state index contributed by atoms with van der Waals surface area (Å²) >= 11 is 0. The Balaban J connectivity index is 3.50. The summed E-state index contributed by atoms with van der Waals surface area (Å²) in [6.45, 7) is 3.02. The Kier molecular flexibility index (Phi) is 12.2. The fourth-order valence-corrected chi connectivity index (χ4v) is 1.84. The van der Waals surface area contributed by atoms with E-state index in [9.17, 15) is 9.59 Å². The SMILES string of the molecule is CCCCCCCCCC(=O)OCC(CO)OC(C)=O.